The average Bonchev–Trinajstić information content (AvgIpc) is 2.53. The van der Waals surface area contributed by atoms with E-state index in [2.05, 4.69) is 9.72 Å². The molecule has 2 aromatic rings. The monoisotopic (exact) mass is 350 g/mol. The Bertz CT molecular complexity index is 792. The quantitative estimate of drug-likeness (QED) is 0.452. The molecule has 1 aromatic heterocycles. The van der Waals surface area contributed by atoms with Gasteiger partial charge in [0.15, 0.2) is 0 Å². The number of hydrogen-bond donors (Lipinski definition) is 0. The first-order chi connectivity index (χ1) is 11.4. The van der Waals surface area contributed by atoms with Crippen LogP contribution < -0.4 is 4.74 Å². The minimum Gasteiger partial charge on any atom is -0.465 e. The predicted molar refractivity (Wildman–Crippen MR) is 87.8 cm³/mol. The van der Waals surface area contributed by atoms with Crippen LogP contribution in [0.5, 0.6) is 11.5 Å². The number of esters is 1. The van der Waals surface area contributed by atoms with E-state index in [4.69, 9.17) is 16.3 Å². The molecular formula is C16H15ClN2O5. The highest BCUT2D eigenvalue weighted by Gasteiger charge is 2.26. The lowest BCUT2D eigenvalue weighted by Gasteiger charge is -2.13. The Balaban J connectivity index is 2.58. The number of methoxy groups -OCH3 is 1. The molecule has 0 atom stereocenters. The number of halogens is 1. The third kappa shape index (κ3) is 3.46. The molecule has 0 unspecified atom stereocenters. The summed E-state index contributed by atoms with van der Waals surface area (Å²) in [5, 5.41) is 11.6. The van der Waals surface area contributed by atoms with Gasteiger partial charge in [0.1, 0.15) is 11.3 Å². The first kappa shape index (κ1) is 17.7. The zero-order valence-electron chi connectivity index (χ0n) is 13.3. The summed E-state index contributed by atoms with van der Waals surface area (Å²) >= 11 is 6.02. The number of carbonyl (C=O) groups is 1. The van der Waals surface area contributed by atoms with Crippen molar-refractivity contribution in [2.45, 2.75) is 19.8 Å². The van der Waals surface area contributed by atoms with E-state index in [1.807, 2.05) is 13.8 Å². The van der Waals surface area contributed by atoms with Gasteiger partial charge in [-0.1, -0.05) is 31.5 Å². The summed E-state index contributed by atoms with van der Waals surface area (Å²) in [5.41, 5.74) is 0.223. The topological polar surface area (TPSA) is 91.6 Å². The lowest BCUT2D eigenvalue weighted by molar-refractivity contribution is -0.386. The molecule has 0 aliphatic carbocycles. The molecule has 0 saturated carbocycles. The molecule has 0 spiro atoms. The highest BCUT2D eigenvalue weighted by molar-refractivity contribution is 6.34. The van der Waals surface area contributed by atoms with Gasteiger partial charge in [-0.2, -0.15) is 0 Å². The summed E-state index contributed by atoms with van der Waals surface area (Å²) in [6, 6.07) is 4.54. The Morgan fingerprint density at radius 2 is 2.00 bits per heavy atom. The second-order valence-corrected chi connectivity index (χ2v) is 5.60. The molecule has 0 aliphatic rings. The first-order valence-corrected chi connectivity index (χ1v) is 7.41. The molecule has 1 aromatic carbocycles. The van der Waals surface area contributed by atoms with E-state index in [-0.39, 0.29) is 33.7 Å². The van der Waals surface area contributed by atoms with E-state index in [1.54, 1.807) is 6.07 Å². The first-order valence-electron chi connectivity index (χ1n) is 7.03. The zero-order valence-corrected chi connectivity index (χ0v) is 14.0. The SMILES string of the molecule is COC(=O)c1c(Cl)cccc1Oc1cncc(C(C)C)c1[N+](=O)[O-]. The van der Waals surface area contributed by atoms with E-state index in [9.17, 15) is 14.9 Å². The molecule has 7 nitrogen and oxygen atoms in total. The van der Waals surface area contributed by atoms with E-state index in [0.29, 0.717) is 5.56 Å². The Morgan fingerprint density at radius 3 is 2.58 bits per heavy atom. The lowest BCUT2D eigenvalue weighted by Crippen LogP contribution is -2.06. The molecule has 8 heteroatoms. The maximum Gasteiger partial charge on any atom is 0.343 e. The van der Waals surface area contributed by atoms with E-state index >= 15 is 0 Å². The number of aromatic nitrogens is 1. The van der Waals surface area contributed by atoms with Crippen LogP contribution in [0.1, 0.15) is 35.7 Å². The van der Waals surface area contributed by atoms with Crippen molar-refractivity contribution in [2.24, 2.45) is 0 Å². The van der Waals surface area contributed by atoms with Gasteiger partial charge < -0.3 is 9.47 Å². The molecular weight excluding hydrogens is 336 g/mol. The lowest BCUT2D eigenvalue weighted by atomic mass is 10.0. The van der Waals surface area contributed by atoms with Crippen LogP contribution in [0.3, 0.4) is 0 Å². The summed E-state index contributed by atoms with van der Waals surface area (Å²) in [6.45, 7) is 3.63. The van der Waals surface area contributed by atoms with Crippen LogP contribution in [-0.4, -0.2) is 23.0 Å². The fourth-order valence-electron chi connectivity index (χ4n) is 2.15. The molecule has 0 amide bonds. The zero-order chi connectivity index (χ0) is 17.9. The Labute approximate surface area is 143 Å². The summed E-state index contributed by atoms with van der Waals surface area (Å²) in [5.74, 6) is -0.842. The average molecular weight is 351 g/mol. The Hall–Kier alpha value is -2.67. The van der Waals surface area contributed by atoms with Crippen LogP contribution in [-0.2, 0) is 4.74 Å². The van der Waals surface area contributed by atoms with Crippen LogP contribution in [0.2, 0.25) is 5.02 Å². The Kier molecular flexibility index (Phi) is 5.35. The van der Waals surface area contributed by atoms with Crippen molar-refractivity contribution < 1.29 is 19.2 Å². The molecule has 0 N–H and O–H groups in total. The van der Waals surface area contributed by atoms with Gasteiger partial charge in [0.2, 0.25) is 5.75 Å². The van der Waals surface area contributed by atoms with E-state index < -0.39 is 10.9 Å². The highest BCUT2D eigenvalue weighted by atomic mass is 35.5. The van der Waals surface area contributed by atoms with Gasteiger partial charge >= 0.3 is 11.7 Å². The number of nitro groups is 1. The molecule has 0 saturated heterocycles. The molecule has 0 radical (unpaired) electrons. The highest BCUT2D eigenvalue weighted by Crippen LogP contribution is 2.38. The Morgan fingerprint density at radius 1 is 1.29 bits per heavy atom. The maximum atomic E-state index is 11.9. The molecule has 0 aliphatic heterocycles. The van der Waals surface area contributed by atoms with E-state index in [1.165, 1.54) is 31.6 Å². The van der Waals surface area contributed by atoms with Crippen LogP contribution in [0.15, 0.2) is 30.6 Å². The number of hydrogen-bond acceptors (Lipinski definition) is 6. The summed E-state index contributed by atoms with van der Waals surface area (Å²) < 4.78 is 10.3. The van der Waals surface area contributed by atoms with Crippen molar-refractivity contribution in [3.63, 3.8) is 0 Å². The van der Waals surface area contributed by atoms with Crippen LogP contribution in [0.4, 0.5) is 5.69 Å². The van der Waals surface area contributed by atoms with Crippen LogP contribution >= 0.6 is 11.6 Å². The molecule has 24 heavy (non-hydrogen) atoms. The number of nitrogens with zero attached hydrogens (tertiary/aromatic N) is 2. The van der Waals surface area contributed by atoms with Crippen molar-refractivity contribution in [1.29, 1.82) is 0 Å². The summed E-state index contributed by atoms with van der Waals surface area (Å²) in [7, 11) is 1.21. The molecule has 2 rings (SSSR count). The number of ether oxygens (including phenoxy) is 2. The van der Waals surface area contributed by atoms with Crippen molar-refractivity contribution in [3.8, 4) is 11.5 Å². The fourth-order valence-corrected chi connectivity index (χ4v) is 2.39. The smallest absolute Gasteiger partial charge is 0.343 e. The number of carbonyl (C=O) groups excluding carboxylic acids is 1. The third-order valence-electron chi connectivity index (χ3n) is 3.30. The van der Waals surface area contributed by atoms with Gasteiger partial charge in [0.05, 0.1) is 28.8 Å². The predicted octanol–water partition coefficient (Wildman–Crippen LogP) is 4.35. The van der Waals surface area contributed by atoms with Crippen LogP contribution in [0, 0.1) is 10.1 Å². The maximum absolute atomic E-state index is 11.9. The molecule has 0 bridgehead atoms. The van der Waals surface area contributed by atoms with Gasteiger partial charge in [-0.15, -0.1) is 0 Å². The fraction of sp³-hybridized carbons (Fsp3) is 0.250. The third-order valence-corrected chi connectivity index (χ3v) is 3.62. The summed E-state index contributed by atoms with van der Waals surface area (Å²) in [4.78, 5) is 26.8. The van der Waals surface area contributed by atoms with Gasteiger partial charge in [-0.05, 0) is 18.1 Å². The second-order valence-electron chi connectivity index (χ2n) is 5.19. The molecule has 1 heterocycles. The van der Waals surface area contributed by atoms with Crippen molar-refractivity contribution in [1.82, 2.24) is 4.98 Å². The van der Waals surface area contributed by atoms with Crippen molar-refractivity contribution in [2.75, 3.05) is 7.11 Å². The second kappa shape index (κ2) is 7.27. The minimum absolute atomic E-state index is 0.00841. The van der Waals surface area contributed by atoms with Crippen molar-refractivity contribution in [3.05, 3.63) is 56.9 Å². The minimum atomic E-state index is -0.703. The number of pyridine rings is 1. The van der Waals surface area contributed by atoms with Gasteiger partial charge in [-0.25, -0.2) is 4.79 Å². The van der Waals surface area contributed by atoms with Gasteiger partial charge in [0, 0.05) is 6.20 Å². The number of rotatable bonds is 5. The molecule has 126 valence electrons. The van der Waals surface area contributed by atoms with Crippen LogP contribution in [0.25, 0.3) is 0 Å². The number of benzene rings is 1. The summed E-state index contributed by atoms with van der Waals surface area (Å²) in [6.07, 6.45) is 2.65. The van der Waals surface area contributed by atoms with E-state index in [0.717, 1.165) is 0 Å². The normalized spacial score (nSPS) is 10.5. The molecule has 0 fully saturated rings. The largest absolute Gasteiger partial charge is 0.465 e. The van der Waals surface area contributed by atoms with Crippen molar-refractivity contribution >= 4 is 23.3 Å². The van der Waals surface area contributed by atoms with Gasteiger partial charge in [0.25, 0.3) is 0 Å². The standard InChI is InChI=1S/C16H15ClN2O5/c1-9(2)10-7-18-8-13(15(10)19(21)22)24-12-6-4-5-11(17)14(12)16(20)23-3/h4-9H,1-3H3. The van der Waals surface area contributed by atoms with Gasteiger partial charge in [-0.3, -0.25) is 15.1 Å².